The highest BCUT2D eigenvalue weighted by Gasteiger charge is 2.23. The molecule has 3 aromatic rings. The number of carbonyl (C=O) groups excluding carboxylic acids is 1. The number of rotatable bonds is 4. The van der Waals surface area contributed by atoms with Crippen LogP contribution in [0, 0.1) is 0 Å². The first-order valence-electron chi connectivity index (χ1n) is 9.64. The van der Waals surface area contributed by atoms with Crippen molar-refractivity contribution in [3.63, 3.8) is 0 Å². The highest BCUT2D eigenvalue weighted by molar-refractivity contribution is 6.30. The lowest BCUT2D eigenvalue weighted by atomic mass is 10.1. The van der Waals surface area contributed by atoms with E-state index in [0.29, 0.717) is 18.1 Å². The number of benzene rings is 2. The molecule has 2 heterocycles. The lowest BCUT2D eigenvalue weighted by molar-refractivity contribution is 0.0746. The third-order valence-electron chi connectivity index (χ3n) is 5.24. The summed E-state index contributed by atoms with van der Waals surface area (Å²) in [6, 6.07) is 17.5. The second kappa shape index (κ2) is 8.17. The third kappa shape index (κ3) is 4.22. The monoisotopic (exact) mass is 409 g/mol. The predicted molar refractivity (Wildman–Crippen MR) is 118 cm³/mol. The standard InChI is InChI=1S/C22H24ClN5O/c1-26(2)19-9-5-17(6-10-19)22(29)28-13-11-27(12-14-28)21-15-20(24-25-21)16-3-7-18(23)8-4-16/h3-10,15H,11-14H2,1-2H3,(H,24,25). The number of aromatic amines is 1. The van der Waals surface area contributed by atoms with Crippen LogP contribution in [0.25, 0.3) is 11.3 Å². The zero-order chi connectivity index (χ0) is 20.4. The molecule has 0 saturated carbocycles. The first-order chi connectivity index (χ1) is 14.0. The van der Waals surface area contributed by atoms with Crippen LogP contribution in [-0.2, 0) is 0 Å². The Balaban J connectivity index is 1.38. The Labute approximate surface area is 175 Å². The molecule has 1 fully saturated rings. The molecule has 6 nitrogen and oxygen atoms in total. The lowest BCUT2D eigenvalue weighted by Crippen LogP contribution is -2.48. The van der Waals surface area contributed by atoms with Gasteiger partial charge in [0, 0.05) is 62.6 Å². The van der Waals surface area contributed by atoms with Crippen molar-refractivity contribution < 1.29 is 4.79 Å². The van der Waals surface area contributed by atoms with Gasteiger partial charge in [-0.1, -0.05) is 23.7 Å². The Morgan fingerprint density at radius 2 is 1.66 bits per heavy atom. The fourth-order valence-electron chi connectivity index (χ4n) is 3.47. The summed E-state index contributed by atoms with van der Waals surface area (Å²) in [6.07, 6.45) is 0. The van der Waals surface area contributed by atoms with Gasteiger partial charge >= 0.3 is 0 Å². The fraction of sp³-hybridized carbons (Fsp3) is 0.273. The quantitative estimate of drug-likeness (QED) is 0.712. The smallest absolute Gasteiger partial charge is 0.253 e. The number of nitrogens with one attached hydrogen (secondary N) is 1. The molecular weight excluding hydrogens is 386 g/mol. The van der Waals surface area contributed by atoms with E-state index in [1.165, 1.54) is 0 Å². The van der Waals surface area contributed by atoms with Gasteiger partial charge in [0.05, 0.1) is 5.69 Å². The average molecular weight is 410 g/mol. The number of halogens is 1. The number of aromatic nitrogens is 2. The maximum Gasteiger partial charge on any atom is 0.253 e. The zero-order valence-electron chi connectivity index (χ0n) is 16.6. The van der Waals surface area contributed by atoms with E-state index >= 15 is 0 Å². The van der Waals surface area contributed by atoms with Crippen molar-refractivity contribution in [1.29, 1.82) is 0 Å². The summed E-state index contributed by atoms with van der Waals surface area (Å²) in [7, 11) is 3.98. The number of amides is 1. The van der Waals surface area contributed by atoms with Crippen molar-refractivity contribution >= 4 is 29.0 Å². The minimum absolute atomic E-state index is 0.0823. The zero-order valence-corrected chi connectivity index (χ0v) is 17.4. The molecule has 7 heteroatoms. The first-order valence-corrected chi connectivity index (χ1v) is 10.0. The maximum absolute atomic E-state index is 12.8. The molecule has 0 atom stereocenters. The summed E-state index contributed by atoms with van der Waals surface area (Å²) in [5, 5.41) is 8.26. The molecule has 0 radical (unpaired) electrons. The highest BCUT2D eigenvalue weighted by Crippen LogP contribution is 2.24. The van der Waals surface area contributed by atoms with Crippen molar-refractivity contribution in [2.75, 3.05) is 50.1 Å². The van der Waals surface area contributed by atoms with Crippen molar-refractivity contribution in [2.45, 2.75) is 0 Å². The maximum atomic E-state index is 12.8. The van der Waals surface area contributed by atoms with Gasteiger partial charge in [0.15, 0.2) is 5.82 Å². The molecule has 29 heavy (non-hydrogen) atoms. The molecule has 0 spiro atoms. The molecule has 0 aliphatic carbocycles. The first kappa shape index (κ1) is 19.3. The lowest BCUT2D eigenvalue weighted by Gasteiger charge is -2.34. The molecule has 150 valence electrons. The Bertz CT molecular complexity index is 973. The summed E-state index contributed by atoms with van der Waals surface area (Å²) < 4.78 is 0. The van der Waals surface area contributed by atoms with Crippen LogP contribution in [0.15, 0.2) is 54.6 Å². The van der Waals surface area contributed by atoms with Gasteiger partial charge < -0.3 is 14.7 Å². The van der Waals surface area contributed by atoms with Crippen LogP contribution in [0.4, 0.5) is 11.5 Å². The van der Waals surface area contributed by atoms with Crippen LogP contribution in [0.1, 0.15) is 10.4 Å². The number of hydrogen-bond acceptors (Lipinski definition) is 4. The van der Waals surface area contributed by atoms with Gasteiger partial charge in [-0.25, -0.2) is 0 Å². The average Bonchev–Trinajstić information content (AvgIpc) is 3.24. The molecular formula is C22H24ClN5O. The van der Waals surface area contributed by atoms with Crippen LogP contribution in [-0.4, -0.2) is 61.3 Å². The number of anilines is 2. The molecule has 4 rings (SSSR count). The Morgan fingerprint density at radius 1 is 1.00 bits per heavy atom. The van der Waals surface area contributed by atoms with Crippen LogP contribution in [0.3, 0.4) is 0 Å². The molecule has 1 aliphatic rings. The van der Waals surface area contributed by atoms with Gasteiger partial charge in [0.2, 0.25) is 0 Å². The van der Waals surface area contributed by atoms with Crippen molar-refractivity contribution in [3.05, 3.63) is 65.2 Å². The summed E-state index contributed by atoms with van der Waals surface area (Å²) in [5.41, 5.74) is 3.81. The topological polar surface area (TPSA) is 55.5 Å². The van der Waals surface area contributed by atoms with E-state index in [0.717, 1.165) is 41.4 Å². The number of piperazine rings is 1. The summed E-state index contributed by atoms with van der Waals surface area (Å²) in [4.78, 5) is 18.9. The van der Waals surface area contributed by atoms with Crippen LogP contribution >= 0.6 is 11.6 Å². The minimum atomic E-state index is 0.0823. The van der Waals surface area contributed by atoms with Gasteiger partial charge in [0.25, 0.3) is 5.91 Å². The summed E-state index contributed by atoms with van der Waals surface area (Å²) in [5.74, 6) is 0.983. The Hall–Kier alpha value is -2.99. The second-order valence-electron chi connectivity index (χ2n) is 7.37. The molecule has 1 N–H and O–H groups in total. The number of H-pyrrole nitrogens is 1. The highest BCUT2D eigenvalue weighted by atomic mass is 35.5. The normalized spacial score (nSPS) is 14.2. The molecule has 0 bridgehead atoms. The molecule has 1 aliphatic heterocycles. The van der Waals surface area contributed by atoms with E-state index in [4.69, 9.17) is 11.6 Å². The molecule has 1 amide bonds. The van der Waals surface area contributed by atoms with Crippen LogP contribution < -0.4 is 9.80 Å². The van der Waals surface area contributed by atoms with Crippen LogP contribution in [0.2, 0.25) is 5.02 Å². The Kier molecular flexibility index (Phi) is 5.45. The summed E-state index contributed by atoms with van der Waals surface area (Å²) >= 11 is 5.96. The van der Waals surface area contributed by atoms with Gasteiger partial charge in [0.1, 0.15) is 0 Å². The van der Waals surface area contributed by atoms with Gasteiger partial charge in [-0.3, -0.25) is 9.89 Å². The SMILES string of the molecule is CN(C)c1ccc(C(=O)N2CCN(c3cc(-c4ccc(Cl)cc4)[nH]n3)CC2)cc1. The van der Waals surface area contributed by atoms with Gasteiger partial charge in [-0.15, -0.1) is 0 Å². The molecule has 1 aromatic heterocycles. The fourth-order valence-corrected chi connectivity index (χ4v) is 3.60. The number of carbonyl (C=O) groups is 1. The van der Waals surface area contributed by atoms with Crippen molar-refractivity contribution in [3.8, 4) is 11.3 Å². The predicted octanol–water partition coefficient (Wildman–Crippen LogP) is 3.76. The molecule has 1 saturated heterocycles. The number of nitrogens with zero attached hydrogens (tertiary/aromatic N) is 4. The van der Waals surface area contributed by atoms with E-state index in [9.17, 15) is 4.79 Å². The van der Waals surface area contributed by atoms with E-state index in [-0.39, 0.29) is 5.91 Å². The van der Waals surface area contributed by atoms with Gasteiger partial charge in [-0.2, -0.15) is 5.10 Å². The largest absolute Gasteiger partial charge is 0.378 e. The second-order valence-corrected chi connectivity index (χ2v) is 7.80. The van der Waals surface area contributed by atoms with Crippen molar-refractivity contribution in [2.24, 2.45) is 0 Å². The van der Waals surface area contributed by atoms with E-state index in [1.807, 2.05) is 78.5 Å². The third-order valence-corrected chi connectivity index (χ3v) is 5.49. The van der Waals surface area contributed by atoms with E-state index in [1.54, 1.807) is 0 Å². The number of hydrogen-bond donors (Lipinski definition) is 1. The molecule has 2 aromatic carbocycles. The van der Waals surface area contributed by atoms with Crippen LogP contribution in [0.5, 0.6) is 0 Å². The minimum Gasteiger partial charge on any atom is -0.378 e. The molecule has 0 unspecified atom stereocenters. The van der Waals surface area contributed by atoms with E-state index in [2.05, 4.69) is 15.1 Å². The summed E-state index contributed by atoms with van der Waals surface area (Å²) in [6.45, 7) is 2.87. The van der Waals surface area contributed by atoms with E-state index < -0.39 is 0 Å². The Morgan fingerprint density at radius 3 is 2.28 bits per heavy atom. The van der Waals surface area contributed by atoms with Crippen molar-refractivity contribution in [1.82, 2.24) is 15.1 Å². The van der Waals surface area contributed by atoms with Gasteiger partial charge in [-0.05, 0) is 42.0 Å².